The van der Waals surface area contributed by atoms with Gasteiger partial charge in [0.05, 0.1) is 0 Å². The highest BCUT2D eigenvalue weighted by molar-refractivity contribution is 5.96. The Kier molecular flexibility index (Phi) is 5.25. The molecule has 1 aromatic carbocycles. The van der Waals surface area contributed by atoms with Crippen molar-refractivity contribution >= 4 is 23.4 Å². The SMILES string of the molecule is CC(=O)c1ccc(NC(=O)N(CC(N)=O)C(C)C)cc1. The number of hydrogen-bond acceptors (Lipinski definition) is 3. The van der Waals surface area contributed by atoms with E-state index in [9.17, 15) is 14.4 Å². The van der Waals surface area contributed by atoms with E-state index >= 15 is 0 Å². The molecule has 0 heterocycles. The summed E-state index contributed by atoms with van der Waals surface area (Å²) < 4.78 is 0. The molecule has 1 rings (SSSR count). The molecule has 6 nitrogen and oxygen atoms in total. The van der Waals surface area contributed by atoms with Crippen LogP contribution in [0.1, 0.15) is 31.1 Å². The molecule has 0 saturated heterocycles. The van der Waals surface area contributed by atoms with Crippen molar-refractivity contribution in [3.63, 3.8) is 0 Å². The van der Waals surface area contributed by atoms with Gasteiger partial charge in [-0.1, -0.05) is 0 Å². The molecule has 6 heteroatoms. The highest BCUT2D eigenvalue weighted by Gasteiger charge is 2.18. The molecule has 0 saturated carbocycles. The van der Waals surface area contributed by atoms with Crippen molar-refractivity contribution in [2.75, 3.05) is 11.9 Å². The van der Waals surface area contributed by atoms with Crippen molar-refractivity contribution in [2.45, 2.75) is 26.8 Å². The van der Waals surface area contributed by atoms with Crippen LogP contribution >= 0.6 is 0 Å². The zero-order valence-corrected chi connectivity index (χ0v) is 11.8. The van der Waals surface area contributed by atoms with Gasteiger partial charge in [0.2, 0.25) is 5.91 Å². The summed E-state index contributed by atoms with van der Waals surface area (Å²) in [4.78, 5) is 35.5. The first-order valence-electron chi connectivity index (χ1n) is 6.28. The number of amides is 3. The van der Waals surface area contributed by atoms with Crippen molar-refractivity contribution in [2.24, 2.45) is 5.73 Å². The molecule has 0 bridgehead atoms. The predicted molar refractivity (Wildman–Crippen MR) is 76.5 cm³/mol. The second kappa shape index (κ2) is 6.70. The summed E-state index contributed by atoms with van der Waals surface area (Å²) in [5.41, 5.74) is 6.24. The van der Waals surface area contributed by atoms with Crippen molar-refractivity contribution in [3.8, 4) is 0 Å². The van der Waals surface area contributed by atoms with Crippen LogP contribution in [0.5, 0.6) is 0 Å². The molecule has 0 spiro atoms. The molecule has 0 aliphatic carbocycles. The highest BCUT2D eigenvalue weighted by Crippen LogP contribution is 2.11. The van der Waals surface area contributed by atoms with E-state index < -0.39 is 11.9 Å². The van der Waals surface area contributed by atoms with Gasteiger partial charge in [-0.15, -0.1) is 0 Å². The number of rotatable bonds is 5. The minimum atomic E-state index is -0.569. The molecule has 0 aromatic heterocycles. The number of hydrogen-bond donors (Lipinski definition) is 2. The Balaban J connectivity index is 2.77. The standard InChI is InChI=1S/C14H19N3O3/c1-9(2)17(8-13(15)19)14(20)16-12-6-4-11(5-7-12)10(3)18/h4-7,9H,8H2,1-3H3,(H2,15,19)(H,16,20). The lowest BCUT2D eigenvalue weighted by atomic mass is 10.1. The molecule has 0 unspecified atom stereocenters. The van der Waals surface area contributed by atoms with Crippen molar-refractivity contribution in [1.82, 2.24) is 4.90 Å². The number of carbonyl (C=O) groups is 3. The van der Waals surface area contributed by atoms with Gasteiger partial charge in [-0.05, 0) is 45.0 Å². The van der Waals surface area contributed by atoms with Crippen molar-refractivity contribution < 1.29 is 14.4 Å². The van der Waals surface area contributed by atoms with Gasteiger partial charge in [-0.3, -0.25) is 9.59 Å². The monoisotopic (exact) mass is 277 g/mol. The van der Waals surface area contributed by atoms with E-state index in [1.807, 2.05) is 0 Å². The molecular weight excluding hydrogens is 258 g/mol. The van der Waals surface area contributed by atoms with Crippen LogP contribution < -0.4 is 11.1 Å². The number of carbonyl (C=O) groups excluding carboxylic acids is 3. The van der Waals surface area contributed by atoms with E-state index in [2.05, 4.69) is 5.32 Å². The Hall–Kier alpha value is -2.37. The van der Waals surface area contributed by atoms with Gasteiger partial charge in [0, 0.05) is 17.3 Å². The van der Waals surface area contributed by atoms with Gasteiger partial charge in [0.25, 0.3) is 0 Å². The fourth-order valence-corrected chi connectivity index (χ4v) is 1.64. The summed E-state index contributed by atoms with van der Waals surface area (Å²) in [6.07, 6.45) is 0. The summed E-state index contributed by atoms with van der Waals surface area (Å²) in [5, 5.41) is 2.66. The summed E-state index contributed by atoms with van der Waals surface area (Å²) in [7, 11) is 0. The maximum atomic E-state index is 12.0. The Morgan fingerprint density at radius 2 is 1.75 bits per heavy atom. The number of urea groups is 1. The lowest BCUT2D eigenvalue weighted by Crippen LogP contribution is -2.44. The molecule has 1 aromatic rings. The van der Waals surface area contributed by atoms with Gasteiger partial charge >= 0.3 is 6.03 Å². The number of nitrogens with one attached hydrogen (secondary N) is 1. The first kappa shape index (κ1) is 15.7. The maximum Gasteiger partial charge on any atom is 0.322 e. The fraction of sp³-hybridized carbons (Fsp3) is 0.357. The van der Waals surface area contributed by atoms with Crippen molar-refractivity contribution in [1.29, 1.82) is 0 Å². The van der Waals surface area contributed by atoms with E-state index in [0.29, 0.717) is 11.3 Å². The lowest BCUT2D eigenvalue weighted by molar-refractivity contribution is -0.118. The predicted octanol–water partition coefficient (Wildman–Crippen LogP) is 1.62. The molecule has 0 radical (unpaired) electrons. The molecule has 0 aliphatic rings. The summed E-state index contributed by atoms with van der Waals surface area (Å²) in [6, 6.07) is 5.97. The number of ketones is 1. The van der Waals surface area contributed by atoms with Crippen LogP contribution in [0.15, 0.2) is 24.3 Å². The topological polar surface area (TPSA) is 92.5 Å². The van der Waals surface area contributed by atoms with Crippen LogP contribution in [-0.2, 0) is 4.79 Å². The average molecular weight is 277 g/mol. The normalized spacial score (nSPS) is 10.2. The number of Topliss-reactive ketones (excluding diaryl/α,β-unsaturated/α-hetero) is 1. The van der Waals surface area contributed by atoms with E-state index in [1.54, 1.807) is 38.1 Å². The third kappa shape index (κ3) is 4.38. The minimum Gasteiger partial charge on any atom is -0.368 e. The third-order valence-corrected chi connectivity index (χ3v) is 2.75. The van der Waals surface area contributed by atoms with Gasteiger partial charge in [-0.25, -0.2) is 4.79 Å². The Morgan fingerprint density at radius 3 is 2.15 bits per heavy atom. The number of nitrogens with zero attached hydrogens (tertiary/aromatic N) is 1. The van der Waals surface area contributed by atoms with E-state index in [-0.39, 0.29) is 18.4 Å². The van der Waals surface area contributed by atoms with Crippen LogP contribution in [0.3, 0.4) is 0 Å². The van der Waals surface area contributed by atoms with Crippen LogP contribution in [-0.4, -0.2) is 35.2 Å². The highest BCUT2D eigenvalue weighted by atomic mass is 16.2. The van der Waals surface area contributed by atoms with E-state index in [1.165, 1.54) is 11.8 Å². The third-order valence-electron chi connectivity index (χ3n) is 2.75. The Bertz CT molecular complexity index is 509. The average Bonchev–Trinajstić information content (AvgIpc) is 2.35. The van der Waals surface area contributed by atoms with Crippen LogP contribution in [0.4, 0.5) is 10.5 Å². The van der Waals surface area contributed by atoms with Crippen molar-refractivity contribution in [3.05, 3.63) is 29.8 Å². The number of benzene rings is 1. The maximum absolute atomic E-state index is 12.0. The molecular formula is C14H19N3O3. The van der Waals surface area contributed by atoms with Gasteiger partial charge in [0.1, 0.15) is 6.54 Å². The number of nitrogens with two attached hydrogens (primary N) is 1. The Labute approximate surface area is 117 Å². The zero-order chi connectivity index (χ0) is 15.3. The zero-order valence-electron chi connectivity index (χ0n) is 11.8. The van der Waals surface area contributed by atoms with Crippen LogP contribution in [0.2, 0.25) is 0 Å². The lowest BCUT2D eigenvalue weighted by Gasteiger charge is -2.25. The van der Waals surface area contributed by atoms with Gasteiger partial charge < -0.3 is 16.0 Å². The molecule has 3 amide bonds. The summed E-state index contributed by atoms with van der Waals surface area (Å²) >= 11 is 0. The first-order chi connectivity index (χ1) is 9.31. The van der Waals surface area contributed by atoms with Crippen LogP contribution in [0, 0.1) is 0 Å². The number of primary amides is 1. The molecule has 0 fully saturated rings. The largest absolute Gasteiger partial charge is 0.368 e. The Morgan fingerprint density at radius 1 is 1.20 bits per heavy atom. The molecule has 0 atom stereocenters. The molecule has 108 valence electrons. The van der Waals surface area contributed by atoms with E-state index in [0.717, 1.165) is 0 Å². The van der Waals surface area contributed by atoms with Gasteiger partial charge in [-0.2, -0.15) is 0 Å². The minimum absolute atomic E-state index is 0.0413. The molecule has 3 N–H and O–H groups in total. The first-order valence-corrected chi connectivity index (χ1v) is 6.28. The summed E-state index contributed by atoms with van der Waals surface area (Å²) in [6.45, 7) is 4.92. The molecule has 0 aliphatic heterocycles. The van der Waals surface area contributed by atoms with E-state index in [4.69, 9.17) is 5.73 Å². The summed E-state index contributed by atoms with van der Waals surface area (Å²) in [5.74, 6) is -0.610. The van der Waals surface area contributed by atoms with Gasteiger partial charge in [0.15, 0.2) is 5.78 Å². The van der Waals surface area contributed by atoms with Crippen LogP contribution in [0.25, 0.3) is 0 Å². The second-order valence-electron chi connectivity index (χ2n) is 4.75. The fourth-order valence-electron chi connectivity index (χ4n) is 1.64. The molecule has 20 heavy (non-hydrogen) atoms. The number of anilines is 1. The quantitative estimate of drug-likeness (QED) is 0.801. The second-order valence-corrected chi connectivity index (χ2v) is 4.75. The smallest absolute Gasteiger partial charge is 0.322 e.